The van der Waals surface area contributed by atoms with Crippen LogP contribution in [0.4, 0.5) is 5.69 Å². The number of benzene rings is 1. The van der Waals surface area contributed by atoms with Gasteiger partial charge in [0.1, 0.15) is 6.04 Å². The van der Waals surface area contributed by atoms with E-state index in [2.05, 4.69) is 24.4 Å². The fraction of sp³-hybridized carbons (Fsp3) is 0.615. The van der Waals surface area contributed by atoms with Crippen molar-refractivity contribution >= 4 is 29.3 Å². The molecule has 0 aromatic heterocycles. The summed E-state index contributed by atoms with van der Waals surface area (Å²) in [7, 11) is 0. The molecule has 32 heavy (non-hydrogen) atoms. The smallest absolute Gasteiger partial charge is 0.327 e. The third kappa shape index (κ3) is 9.68. The molecule has 1 heterocycles. The van der Waals surface area contributed by atoms with Crippen molar-refractivity contribution in [2.45, 2.75) is 83.6 Å². The molecule has 1 amide bonds. The Morgan fingerprint density at radius 3 is 2.47 bits per heavy atom. The summed E-state index contributed by atoms with van der Waals surface area (Å²) in [4.78, 5) is 25.5. The van der Waals surface area contributed by atoms with Crippen LogP contribution in [0.2, 0.25) is 0 Å². The van der Waals surface area contributed by atoms with Crippen molar-refractivity contribution in [3.8, 4) is 0 Å². The van der Waals surface area contributed by atoms with E-state index < -0.39 is 12.0 Å². The van der Waals surface area contributed by atoms with Crippen molar-refractivity contribution in [3.05, 3.63) is 42.0 Å². The Balaban J connectivity index is 1.58. The summed E-state index contributed by atoms with van der Waals surface area (Å²) in [6, 6.07) is 6.63. The Morgan fingerprint density at radius 2 is 1.75 bits per heavy atom. The largest absolute Gasteiger partial charge is 0.480 e. The zero-order chi connectivity index (χ0) is 23.0. The van der Waals surface area contributed by atoms with Crippen LogP contribution in [0, 0.1) is 0 Å². The van der Waals surface area contributed by atoms with Gasteiger partial charge in [0.05, 0.1) is 5.88 Å². The Bertz CT molecular complexity index is 723. The molecule has 1 aromatic rings. The number of carboxylic acid groups (broad SMARTS) is 1. The molecule has 0 saturated carbocycles. The molecule has 1 atom stereocenters. The predicted octanol–water partition coefficient (Wildman–Crippen LogP) is 6.57. The minimum Gasteiger partial charge on any atom is -0.480 e. The minimum atomic E-state index is -0.937. The van der Waals surface area contributed by atoms with Crippen LogP contribution in [-0.2, 0) is 4.79 Å². The molecule has 1 fully saturated rings. The number of hydrogen-bond donors (Lipinski definition) is 2. The SMILES string of the molecule is CCCCCCCCCCC=CCCCNc1cccc(C(=O)N2CSCC2C(=O)O)c1. The van der Waals surface area contributed by atoms with Gasteiger partial charge in [0.2, 0.25) is 0 Å². The van der Waals surface area contributed by atoms with Crippen LogP contribution in [0.1, 0.15) is 87.9 Å². The number of nitrogens with zero attached hydrogens (tertiary/aromatic N) is 1. The first kappa shape index (κ1) is 26.3. The van der Waals surface area contributed by atoms with E-state index in [4.69, 9.17) is 0 Å². The minimum absolute atomic E-state index is 0.213. The van der Waals surface area contributed by atoms with E-state index in [9.17, 15) is 14.7 Å². The molecule has 0 spiro atoms. The summed E-state index contributed by atoms with van der Waals surface area (Å²) in [5, 5.41) is 12.7. The third-order valence-electron chi connectivity index (χ3n) is 5.81. The maximum absolute atomic E-state index is 12.7. The van der Waals surface area contributed by atoms with Gasteiger partial charge < -0.3 is 15.3 Å². The molecule has 2 rings (SSSR count). The summed E-state index contributed by atoms with van der Waals surface area (Å²) in [6.07, 6.45) is 18.7. The van der Waals surface area contributed by atoms with Gasteiger partial charge in [0, 0.05) is 23.5 Å². The number of unbranched alkanes of at least 4 members (excludes halogenated alkanes) is 9. The van der Waals surface area contributed by atoms with Crippen LogP contribution in [0.15, 0.2) is 36.4 Å². The Labute approximate surface area is 198 Å². The summed E-state index contributed by atoms with van der Waals surface area (Å²) < 4.78 is 0. The van der Waals surface area contributed by atoms with Gasteiger partial charge in [-0.25, -0.2) is 4.79 Å². The van der Waals surface area contributed by atoms with Gasteiger partial charge in [0.15, 0.2) is 0 Å². The number of carbonyl (C=O) groups is 2. The Kier molecular flexibility index (Phi) is 13.0. The van der Waals surface area contributed by atoms with Crippen molar-refractivity contribution in [2.75, 3.05) is 23.5 Å². The van der Waals surface area contributed by atoms with Gasteiger partial charge in [-0.05, 0) is 43.9 Å². The fourth-order valence-electron chi connectivity index (χ4n) is 3.86. The number of amides is 1. The average Bonchev–Trinajstić information content (AvgIpc) is 3.29. The lowest BCUT2D eigenvalue weighted by atomic mass is 10.1. The number of thioether (sulfide) groups is 1. The summed E-state index contributed by atoms with van der Waals surface area (Å²) >= 11 is 1.48. The quantitative estimate of drug-likeness (QED) is 0.216. The highest BCUT2D eigenvalue weighted by Gasteiger charge is 2.34. The first-order valence-electron chi connectivity index (χ1n) is 12.2. The number of hydrogen-bond acceptors (Lipinski definition) is 4. The van der Waals surface area contributed by atoms with Gasteiger partial charge in [-0.15, -0.1) is 11.8 Å². The molecule has 0 aliphatic carbocycles. The number of nitrogens with one attached hydrogen (secondary N) is 1. The maximum Gasteiger partial charge on any atom is 0.327 e. The van der Waals surface area contributed by atoms with Crippen LogP contribution < -0.4 is 5.32 Å². The van der Waals surface area contributed by atoms with Gasteiger partial charge in [0.25, 0.3) is 5.91 Å². The van der Waals surface area contributed by atoms with E-state index in [1.54, 1.807) is 6.07 Å². The van der Waals surface area contributed by atoms with Crippen molar-refractivity contribution in [2.24, 2.45) is 0 Å². The molecule has 2 N–H and O–H groups in total. The van der Waals surface area contributed by atoms with Crippen molar-refractivity contribution in [1.82, 2.24) is 4.90 Å². The number of allylic oxidation sites excluding steroid dienone is 2. The maximum atomic E-state index is 12.7. The number of carboxylic acids is 1. The highest BCUT2D eigenvalue weighted by Crippen LogP contribution is 2.24. The average molecular weight is 461 g/mol. The van der Waals surface area contributed by atoms with Gasteiger partial charge in [-0.3, -0.25) is 4.79 Å². The van der Waals surface area contributed by atoms with Gasteiger partial charge in [-0.2, -0.15) is 0 Å². The van der Waals surface area contributed by atoms with E-state index in [1.807, 2.05) is 18.2 Å². The van der Waals surface area contributed by atoms with Crippen molar-refractivity contribution < 1.29 is 14.7 Å². The number of aliphatic carboxylic acids is 1. The molecule has 5 nitrogen and oxygen atoms in total. The second-order valence-electron chi connectivity index (χ2n) is 8.51. The molecular weight excluding hydrogens is 420 g/mol. The highest BCUT2D eigenvalue weighted by molar-refractivity contribution is 7.99. The normalized spacial score (nSPS) is 16.0. The van der Waals surface area contributed by atoms with E-state index >= 15 is 0 Å². The fourth-order valence-corrected chi connectivity index (χ4v) is 5.00. The summed E-state index contributed by atoms with van der Waals surface area (Å²) in [6.45, 7) is 3.11. The van der Waals surface area contributed by atoms with Gasteiger partial charge >= 0.3 is 5.97 Å². The topological polar surface area (TPSA) is 69.6 Å². The molecule has 1 saturated heterocycles. The zero-order valence-corrected chi connectivity index (χ0v) is 20.4. The second kappa shape index (κ2) is 15.8. The number of carbonyl (C=O) groups excluding carboxylic acids is 1. The standard InChI is InChI=1S/C26H40N2O3S/c1-2-3-4-5-6-7-8-9-10-11-12-13-14-18-27-23-17-15-16-22(19-23)25(29)28-21-32-20-24(28)26(30)31/h11-12,15-17,19,24,27H,2-10,13-14,18,20-21H2,1H3,(H,30,31). The molecule has 1 aliphatic rings. The second-order valence-corrected chi connectivity index (χ2v) is 9.51. The molecule has 6 heteroatoms. The van der Waals surface area contributed by atoms with Crippen LogP contribution in [0.3, 0.4) is 0 Å². The summed E-state index contributed by atoms with van der Waals surface area (Å²) in [5.41, 5.74) is 1.44. The van der Waals surface area contributed by atoms with E-state index in [1.165, 1.54) is 74.4 Å². The molecule has 1 aromatic carbocycles. The molecule has 1 unspecified atom stereocenters. The van der Waals surface area contributed by atoms with E-state index in [-0.39, 0.29) is 5.91 Å². The molecule has 1 aliphatic heterocycles. The van der Waals surface area contributed by atoms with Crippen molar-refractivity contribution in [1.29, 1.82) is 0 Å². The van der Waals surface area contributed by atoms with Crippen LogP contribution in [0.5, 0.6) is 0 Å². The summed E-state index contributed by atoms with van der Waals surface area (Å²) in [5.74, 6) is -0.271. The number of anilines is 1. The van der Waals surface area contributed by atoms with Crippen molar-refractivity contribution in [3.63, 3.8) is 0 Å². The lowest BCUT2D eigenvalue weighted by Crippen LogP contribution is -2.41. The Hall–Kier alpha value is -1.95. The van der Waals surface area contributed by atoms with Crippen LogP contribution in [0.25, 0.3) is 0 Å². The molecule has 178 valence electrons. The lowest BCUT2D eigenvalue weighted by molar-refractivity contribution is -0.140. The Morgan fingerprint density at radius 1 is 1.06 bits per heavy atom. The van der Waals surface area contributed by atoms with Crippen LogP contribution >= 0.6 is 11.8 Å². The van der Waals surface area contributed by atoms with E-state index in [0.29, 0.717) is 17.2 Å². The zero-order valence-electron chi connectivity index (χ0n) is 19.6. The first-order chi connectivity index (χ1) is 15.6. The van der Waals surface area contributed by atoms with E-state index in [0.717, 1.165) is 25.1 Å². The first-order valence-corrected chi connectivity index (χ1v) is 13.4. The molecule has 0 radical (unpaired) electrons. The monoisotopic (exact) mass is 460 g/mol. The van der Waals surface area contributed by atoms with Gasteiger partial charge in [-0.1, -0.05) is 70.1 Å². The highest BCUT2D eigenvalue weighted by atomic mass is 32.2. The molecular formula is C26H40N2O3S. The van der Waals surface area contributed by atoms with Crippen LogP contribution in [-0.4, -0.2) is 46.1 Å². The predicted molar refractivity (Wildman–Crippen MR) is 135 cm³/mol. The molecule has 0 bridgehead atoms. The lowest BCUT2D eigenvalue weighted by Gasteiger charge is -2.20. The third-order valence-corrected chi connectivity index (χ3v) is 6.82. The number of rotatable bonds is 16.